The minimum atomic E-state index is -4.74. The van der Waals surface area contributed by atoms with Gasteiger partial charge < -0.3 is 19.5 Å². The van der Waals surface area contributed by atoms with E-state index in [2.05, 4.69) is 15.4 Å². The van der Waals surface area contributed by atoms with Crippen LogP contribution in [0.5, 0.6) is 17.2 Å². The number of fused-ring (bicyclic) bond motifs is 2. The number of hydrogen-bond acceptors (Lipinski definition) is 7. The molecule has 186 valence electrons. The maximum absolute atomic E-state index is 13.6. The van der Waals surface area contributed by atoms with Crippen LogP contribution in [0.2, 0.25) is 0 Å². The Morgan fingerprint density at radius 3 is 2.47 bits per heavy atom. The molecule has 6 rings (SSSR count). The number of halogens is 3. The molecule has 3 heterocycles. The number of ether oxygens (including phenoxy) is 3. The maximum Gasteiger partial charge on any atom is 0.453 e. The molecule has 0 saturated heterocycles. The summed E-state index contributed by atoms with van der Waals surface area (Å²) in [7, 11) is 1.57. The van der Waals surface area contributed by atoms with Crippen LogP contribution >= 0.6 is 0 Å². The highest BCUT2D eigenvalue weighted by atomic mass is 19.4. The van der Waals surface area contributed by atoms with Gasteiger partial charge in [-0.3, -0.25) is 4.79 Å². The van der Waals surface area contributed by atoms with Crippen molar-refractivity contribution in [2.45, 2.75) is 31.0 Å². The fraction of sp³-hybridized carbons (Fsp3) is 0.320. The Bertz CT molecular complexity index is 1380. The quantitative estimate of drug-likeness (QED) is 0.569. The van der Waals surface area contributed by atoms with E-state index in [-0.39, 0.29) is 24.1 Å². The summed E-state index contributed by atoms with van der Waals surface area (Å²) in [5, 5.41) is 6.73. The number of carbonyl (C=O) groups excluding carboxylic acids is 1. The number of Topliss-reactive ketones (excluding diaryl/α,β-unsaturated/α-hetero) is 1. The lowest BCUT2D eigenvalue weighted by molar-refractivity contribution is -0.145. The van der Waals surface area contributed by atoms with Gasteiger partial charge in [0.05, 0.1) is 7.11 Å². The van der Waals surface area contributed by atoms with Crippen molar-refractivity contribution in [1.29, 1.82) is 0 Å². The third kappa shape index (κ3) is 3.75. The third-order valence-electron chi connectivity index (χ3n) is 6.64. The van der Waals surface area contributed by atoms with E-state index < -0.39 is 18.0 Å². The Morgan fingerprint density at radius 1 is 1.03 bits per heavy atom. The summed E-state index contributed by atoms with van der Waals surface area (Å²) in [5.74, 6) is 0.0546. The Morgan fingerprint density at radius 2 is 1.75 bits per heavy atom. The van der Waals surface area contributed by atoms with Crippen molar-refractivity contribution < 1.29 is 32.2 Å². The first-order valence-electron chi connectivity index (χ1n) is 11.4. The molecular formula is C25H21F3N4O4. The Labute approximate surface area is 203 Å². The molecule has 3 aromatic rings. The fourth-order valence-corrected chi connectivity index (χ4v) is 4.98. The largest absolute Gasteiger partial charge is 0.497 e. The molecule has 1 aromatic heterocycles. The van der Waals surface area contributed by atoms with Crippen molar-refractivity contribution >= 4 is 11.7 Å². The molecule has 0 spiro atoms. The fourth-order valence-electron chi connectivity index (χ4n) is 4.98. The number of methoxy groups -OCH3 is 1. The molecule has 8 nitrogen and oxygen atoms in total. The van der Waals surface area contributed by atoms with Crippen molar-refractivity contribution in [2.75, 3.05) is 25.6 Å². The average Bonchev–Trinajstić information content (AvgIpc) is 3.31. The van der Waals surface area contributed by atoms with Gasteiger partial charge in [-0.15, -0.1) is 5.10 Å². The van der Waals surface area contributed by atoms with Crippen molar-refractivity contribution in [3.63, 3.8) is 0 Å². The number of carbonyl (C=O) groups is 1. The number of allylic oxidation sites excluding steroid dienone is 2. The topological polar surface area (TPSA) is 87.5 Å². The lowest BCUT2D eigenvalue weighted by Gasteiger charge is -2.35. The van der Waals surface area contributed by atoms with Crippen LogP contribution in [0.25, 0.3) is 0 Å². The molecule has 1 aliphatic carbocycles. The number of rotatable bonds is 3. The molecule has 0 bridgehead atoms. The predicted molar refractivity (Wildman–Crippen MR) is 121 cm³/mol. The van der Waals surface area contributed by atoms with Gasteiger partial charge in [-0.25, -0.2) is 4.68 Å². The number of ketones is 1. The Hall–Kier alpha value is -4.02. The van der Waals surface area contributed by atoms with Crippen LogP contribution in [-0.2, 0) is 11.0 Å². The van der Waals surface area contributed by atoms with E-state index in [0.717, 1.165) is 10.2 Å². The summed E-state index contributed by atoms with van der Waals surface area (Å²) >= 11 is 0. The van der Waals surface area contributed by atoms with Crippen molar-refractivity contribution in [2.24, 2.45) is 0 Å². The van der Waals surface area contributed by atoms with E-state index in [4.69, 9.17) is 14.2 Å². The SMILES string of the molecule is COc1ccc(C2CC(=O)C3=C(C2)Nc2nc(C(F)(F)F)nn2C3c2ccc3c(c2)OCCO3)cc1. The number of anilines is 1. The zero-order chi connectivity index (χ0) is 25.0. The number of nitrogens with zero attached hydrogens (tertiary/aromatic N) is 3. The van der Waals surface area contributed by atoms with Crippen LogP contribution < -0.4 is 19.5 Å². The standard InChI is InChI=1S/C25H21F3N4O4/c1-34-16-5-2-13(3-6-16)15-10-17-21(18(33)11-15)22(14-4-7-19-20(12-14)36-9-8-35-19)32-24(29-17)30-23(31-32)25(26,27)28/h2-7,12,15,22H,8-11H2,1H3,(H,29,30,31). The number of aromatic nitrogens is 3. The molecular weight excluding hydrogens is 477 g/mol. The highest BCUT2D eigenvalue weighted by molar-refractivity contribution is 6.00. The number of hydrogen-bond donors (Lipinski definition) is 1. The molecule has 2 unspecified atom stereocenters. The summed E-state index contributed by atoms with van der Waals surface area (Å²) in [6.07, 6.45) is -4.09. The van der Waals surface area contributed by atoms with Gasteiger partial charge in [-0.1, -0.05) is 18.2 Å². The molecule has 11 heteroatoms. The summed E-state index contributed by atoms with van der Waals surface area (Å²) in [5.41, 5.74) is 2.42. The lowest BCUT2D eigenvalue weighted by atomic mass is 9.78. The van der Waals surface area contributed by atoms with E-state index in [1.54, 1.807) is 25.3 Å². The van der Waals surface area contributed by atoms with Gasteiger partial charge in [-0.05, 0) is 47.7 Å². The van der Waals surface area contributed by atoms with Crippen LogP contribution in [0.15, 0.2) is 53.7 Å². The maximum atomic E-state index is 13.6. The molecule has 36 heavy (non-hydrogen) atoms. The van der Waals surface area contributed by atoms with Crippen molar-refractivity contribution in [1.82, 2.24) is 14.8 Å². The van der Waals surface area contributed by atoms with Crippen LogP contribution in [0.1, 0.15) is 41.8 Å². The van der Waals surface area contributed by atoms with E-state index in [0.29, 0.717) is 53.7 Å². The minimum absolute atomic E-state index is 0.0656. The second kappa shape index (κ2) is 8.28. The Kier molecular flexibility index (Phi) is 5.16. The first kappa shape index (κ1) is 22.4. The van der Waals surface area contributed by atoms with Gasteiger partial charge in [0.1, 0.15) is 25.0 Å². The molecule has 0 saturated carbocycles. The highest BCUT2D eigenvalue weighted by Gasteiger charge is 2.43. The molecule has 2 aliphatic heterocycles. The molecule has 2 aromatic carbocycles. The van der Waals surface area contributed by atoms with E-state index in [1.165, 1.54) is 0 Å². The molecule has 0 amide bonds. The van der Waals surface area contributed by atoms with E-state index in [1.807, 2.05) is 24.3 Å². The zero-order valence-electron chi connectivity index (χ0n) is 19.1. The second-order valence-electron chi connectivity index (χ2n) is 8.83. The normalized spacial score (nSPS) is 20.9. The number of alkyl halides is 3. The predicted octanol–water partition coefficient (Wildman–Crippen LogP) is 4.49. The average molecular weight is 498 g/mol. The van der Waals surface area contributed by atoms with Gasteiger partial charge in [0, 0.05) is 17.7 Å². The van der Waals surface area contributed by atoms with Gasteiger partial charge in [0.15, 0.2) is 17.3 Å². The highest BCUT2D eigenvalue weighted by Crippen LogP contribution is 2.46. The first-order chi connectivity index (χ1) is 17.3. The molecule has 0 radical (unpaired) electrons. The summed E-state index contributed by atoms with van der Waals surface area (Å²) in [6, 6.07) is 11.7. The number of nitrogens with one attached hydrogen (secondary N) is 1. The van der Waals surface area contributed by atoms with Gasteiger partial charge in [0.25, 0.3) is 5.82 Å². The smallest absolute Gasteiger partial charge is 0.453 e. The summed E-state index contributed by atoms with van der Waals surface area (Å²) in [6.45, 7) is 0.758. The van der Waals surface area contributed by atoms with Crippen LogP contribution in [-0.4, -0.2) is 40.9 Å². The summed E-state index contributed by atoms with van der Waals surface area (Å²) in [4.78, 5) is 17.3. The summed E-state index contributed by atoms with van der Waals surface area (Å²) < 4.78 is 58.2. The van der Waals surface area contributed by atoms with E-state index >= 15 is 0 Å². The van der Waals surface area contributed by atoms with Crippen molar-refractivity contribution in [3.05, 3.63) is 70.7 Å². The minimum Gasteiger partial charge on any atom is -0.497 e. The van der Waals surface area contributed by atoms with E-state index in [9.17, 15) is 18.0 Å². The van der Waals surface area contributed by atoms with Crippen LogP contribution in [0, 0.1) is 0 Å². The van der Waals surface area contributed by atoms with Crippen LogP contribution in [0.3, 0.4) is 0 Å². The molecule has 2 atom stereocenters. The zero-order valence-corrected chi connectivity index (χ0v) is 19.1. The van der Waals surface area contributed by atoms with Gasteiger partial charge in [0.2, 0.25) is 5.95 Å². The van der Waals surface area contributed by atoms with Gasteiger partial charge in [-0.2, -0.15) is 18.2 Å². The molecule has 3 aliphatic rings. The lowest BCUT2D eigenvalue weighted by Crippen LogP contribution is -2.33. The monoisotopic (exact) mass is 498 g/mol. The number of benzene rings is 2. The first-order valence-corrected chi connectivity index (χ1v) is 11.4. The second-order valence-corrected chi connectivity index (χ2v) is 8.83. The third-order valence-corrected chi connectivity index (χ3v) is 6.64. The van der Waals surface area contributed by atoms with Gasteiger partial charge >= 0.3 is 6.18 Å². The Balaban J connectivity index is 1.45. The van der Waals surface area contributed by atoms with Crippen molar-refractivity contribution in [3.8, 4) is 17.2 Å². The van der Waals surface area contributed by atoms with Crippen LogP contribution in [0.4, 0.5) is 19.1 Å². The molecule has 0 fully saturated rings. The molecule has 1 N–H and O–H groups in total.